The number of hydrogen-bond donors (Lipinski definition) is 1. The largest absolute Gasteiger partial charge is 0.389 e. The normalized spacial score (nSPS) is 37.8. The van der Waals surface area contributed by atoms with Gasteiger partial charge in [0.2, 0.25) is 5.54 Å². The average Bonchev–Trinajstić information content (AvgIpc) is 2.31. The van der Waals surface area contributed by atoms with Gasteiger partial charge >= 0.3 is 0 Å². The zero-order valence-electron chi connectivity index (χ0n) is 10.7. The lowest BCUT2D eigenvalue weighted by atomic mass is 9.65. The molecule has 0 saturated heterocycles. The fourth-order valence-corrected chi connectivity index (χ4v) is 2.64. The zero-order chi connectivity index (χ0) is 13.3. The highest BCUT2D eigenvalue weighted by Crippen LogP contribution is 2.43. The average molecular weight is 243 g/mol. The second-order valence-electron chi connectivity index (χ2n) is 5.29. The van der Waals surface area contributed by atoms with Gasteiger partial charge in [0.05, 0.1) is 11.5 Å². The lowest BCUT2D eigenvalue weighted by Gasteiger charge is -2.42. The Hall–Kier alpha value is -0.970. The minimum absolute atomic E-state index is 0.0675. The number of Topliss-reactive ketones (excluding diaryl/α,β-unsaturated/α-hetero) is 1. The van der Waals surface area contributed by atoms with Crippen LogP contribution in [-0.4, -0.2) is 27.0 Å². The number of ketones is 1. The van der Waals surface area contributed by atoms with Crippen LogP contribution in [0.2, 0.25) is 0 Å². The van der Waals surface area contributed by atoms with E-state index in [1.807, 2.05) is 6.92 Å². The van der Waals surface area contributed by atoms with Gasteiger partial charge in [0, 0.05) is 31.1 Å². The molecule has 1 rings (SSSR count). The quantitative estimate of drug-likeness (QED) is 0.604. The van der Waals surface area contributed by atoms with Crippen LogP contribution in [0, 0.1) is 16.0 Å². The second-order valence-corrected chi connectivity index (χ2v) is 5.29. The Balaban J connectivity index is 3.00. The van der Waals surface area contributed by atoms with Gasteiger partial charge in [-0.3, -0.25) is 14.9 Å². The summed E-state index contributed by atoms with van der Waals surface area (Å²) in [6.45, 7) is 5.12. The third-order valence-electron chi connectivity index (χ3n) is 4.18. The molecule has 0 aromatic rings. The maximum absolute atomic E-state index is 11.9. The molecule has 17 heavy (non-hydrogen) atoms. The highest BCUT2D eigenvalue weighted by molar-refractivity contribution is 5.82. The second kappa shape index (κ2) is 4.72. The van der Waals surface area contributed by atoms with Crippen LogP contribution in [0.1, 0.15) is 52.9 Å². The van der Waals surface area contributed by atoms with E-state index in [4.69, 9.17) is 0 Å². The van der Waals surface area contributed by atoms with E-state index >= 15 is 0 Å². The van der Waals surface area contributed by atoms with E-state index in [1.165, 1.54) is 0 Å². The van der Waals surface area contributed by atoms with Crippen molar-refractivity contribution >= 4 is 5.78 Å². The summed E-state index contributed by atoms with van der Waals surface area (Å²) in [5.41, 5.74) is -2.13. The molecule has 0 aromatic carbocycles. The van der Waals surface area contributed by atoms with E-state index in [0.717, 1.165) is 0 Å². The Kier molecular flexibility index (Phi) is 3.91. The molecule has 0 spiro atoms. The summed E-state index contributed by atoms with van der Waals surface area (Å²) in [4.78, 5) is 22.6. The molecule has 1 saturated carbocycles. The third-order valence-corrected chi connectivity index (χ3v) is 4.18. The minimum atomic E-state index is -1.07. The first kappa shape index (κ1) is 14.1. The van der Waals surface area contributed by atoms with Crippen LogP contribution >= 0.6 is 0 Å². The SMILES string of the molecule is CCC(=O)[C@@H]1C[C@@](C)([N+](=O)[O-])CC[C@@]1(O)CC. The van der Waals surface area contributed by atoms with E-state index in [0.29, 0.717) is 25.7 Å². The molecule has 0 amide bonds. The molecule has 0 heterocycles. The van der Waals surface area contributed by atoms with Crippen molar-refractivity contribution in [3.63, 3.8) is 0 Å². The predicted octanol–water partition coefficient (Wildman–Crippen LogP) is 1.94. The van der Waals surface area contributed by atoms with Crippen molar-refractivity contribution in [2.75, 3.05) is 0 Å². The van der Waals surface area contributed by atoms with Crippen LogP contribution in [0.4, 0.5) is 0 Å². The van der Waals surface area contributed by atoms with Crippen molar-refractivity contribution in [1.82, 2.24) is 0 Å². The third kappa shape index (κ3) is 2.49. The molecule has 1 N–H and O–H groups in total. The lowest BCUT2D eigenvalue weighted by Crippen LogP contribution is -2.53. The molecule has 0 unspecified atom stereocenters. The van der Waals surface area contributed by atoms with Crippen LogP contribution in [0.25, 0.3) is 0 Å². The number of nitro groups is 1. The Morgan fingerprint density at radius 1 is 1.47 bits per heavy atom. The molecule has 1 aliphatic carbocycles. The highest BCUT2D eigenvalue weighted by atomic mass is 16.6. The van der Waals surface area contributed by atoms with E-state index in [1.54, 1.807) is 13.8 Å². The molecule has 1 fully saturated rings. The maximum Gasteiger partial charge on any atom is 0.220 e. The Morgan fingerprint density at radius 3 is 2.47 bits per heavy atom. The monoisotopic (exact) mass is 243 g/mol. The van der Waals surface area contributed by atoms with E-state index in [-0.39, 0.29) is 17.1 Å². The number of nitrogens with zero attached hydrogens (tertiary/aromatic N) is 1. The van der Waals surface area contributed by atoms with Crippen LogP contribution in [0.3, 0.4) is 0 Å². The summed E-state index contributed by atoms with van der Waals surface area (Å²) < 4.78 is 0. The van der Waals surface area contributed by atoms with Gasteiger partial charge in [-0.25, -0.2) is 0 Å². The Bertz CT molecular complexity index is 330. The van der Waals surface area contributed by atoms with Crippen molar-refractivity contribution in [2.45, 2.75) is 64.0 Å². The Morgan fingerprint density at radius 2 is 2.06 bits per heavy atom. The number of hydrogen-bond acceptors (Lipinski definition) is 4. The summed E-state index contributed by atoms with van der Waals surface area (Å²) in [5.74, 6) is -0.663. The van der Waals surface area contributed by atoms with E-state index < -0.39 is 17.1 Å². The molecule has 0 bridgehead atoms. The molecule has 0 radical (unpaired) electrons. The highest BCUT2D eigenvalue weighted by Gasteiger charge is 2.53. The van der Waals surface area contributed by atoms with Gasteiger partial charge in [0.1, 0.15) is 5.78 Å². The zero-order valence-corrected chi connectivity index (χ0v) is 10.7. The van der Waals surface area contributed by atoms with Gasteiger partial charge in [0.25, 0.3) is 0 Å². The number of carbonyl (C=O) groups excluding carboxylic acids is 1. The number of rotatable bonds is 4. The molecule has 5 nitrogen and oxygen atoms in total. The van der Waals surface area contributed by atoms with Crippen molar-refractivity contribution in [1.29, 1.82) is 0 Å². The molecule has 0 aliphatic heterocycles. The molecule has 98 valence electrons. The van der Waals surface area contributed by atoms with Crippen LogP contribution in [-0.2, 0) is 4.79 Å². The van der Waals surface area contributed by atoms with Gasteiger partial charge in [-0.1, -0.05) is 13.8 Å². The molecule has 0 aromatic heterocycles. The predicted molar refractivity (Wildman–Crippen MR) is 63.3 cm³/mol. The van der Waals surface area contributed by atoms with Crippen molar-refractivity contribution in [3.05, 3.63) is 10.1 Å². The molecule has 5 heteroatoms. The molecule has 1 aliphatic rings. The van der Waals surface area contributed by atoms with Gasteiger partial charge in [-0.05, 0) is 12.8 Å². The first-order valence-corrected chi connectivity index (χ1v) is 6.18. The summed E-state index contributed by atoms with van der Waals surface area (Å²) in [6.07, 6.45) is 1.60. The van der Waals surface area contributed by atoms with Crippen molar-refractivity contribution in [2.24, 2.45) is 5.92 Å². The van der Waals surface area contributed by atoms with Crippen LogP contribution in [0.15, 0.2) is 0 Å². The van der Waals surface area contributed by atoms with Crippen LogP contribution in [0.5, 0.6) is 0 Å². The fraction of sp³-hybridized carbons (Fsp3) is 0.917. The van der Waals surface area contributed by atoms with Crippen LogP contribution < -0.4 is 0 Å². The van der Waals surface area contributed by atoms with Gasteiger partial charge in [-0.2, -0.15) is 0 Å². The number of carbonyl (C=O) groups is 1. The summed E-state index contributed by atoms with van der Waals surface area (Å²) >= 11 is 0. The van der Waals surface area contributed by atoms with Gasteiger partial charge in [-0.15, -0.1) is 0 Å². The van der Waals surface area contributed by atoms with Crippen molar-refractivity contribution in [3.8, 4) is 0 Å². The molecule has 3 atom stereocenters. The summed E-state index contributed by atoms with van der Waals surface area (Å²) in [6, 6.07) is 0. The van der Waals surface area contributed by atoms with E-state index in [9.17, 15) is 20.0 Å². The fourth-order valence-electron chi connectivity index (χ4n) is 2.64. The summed E-state index contributed by atoms with van der Waals surface area (Å²) in [5, 5.41) is 21.5. The number of aliphatic hydroxyl groups is 1. The van der Waals surface area contributed by atoms with Crippen molar-refractivity contribution < 1.29 is 14.8 Å². The topological polar surface area (TPSA) is 80.4 Å². The first-order valence-electron chi connectivity index (χ1n) is 6.18. The maximum atomic E-state index is 11.9. The smallest absolute Gasteiger partial charge is 0.220 e. The molecular formula is C12H21NO4. The lowest BCUT2D eigenvalue weighted by molar-refractivity contribution is -0.573. The van der Waals surface area contributed by atoms with Gasteiger partial charge < -0.3 is 5.11 Å². The molecular weight excluding hydrogens is 222 g/mol. The minimum Gasteiger partial charge on any atom is -0.389 e. The van der Waals surface area contributed by atoms with E-state index in [2.05, 4.69) is 0 Å². The summed E-state index contributed by atoms with van der Waals surface area (Å²) in [7, 11) is 0. The first-order chi connectivity index (χ1) is 7.79. The Labute approximate surface area is 101 Å². The van der Waals surface area contributed by atoms with Gasteiger partial charge in [0.15, 0.2) is 0 Å². The standard InChI is InChI=1S/C12H21NO4/c1-4-10(14)9-8-11(3,13(16)17)6-7-12(9,15)5-2/h9,15H,4-8H2,1-3H3/t9-,11-,12-/m0/s1.